The number of benzene rings is 2. The van der Waals surface area contributed by atoms with E-state index in [0.717, 1.165) is 59.9 Å². The standard InChI is InChI=1S/C36H42N4O3/c1-42-35(41)28-13-8-14-29-31(28)38-33(37-29)32-30(22-43-36-18-24-15-25(19-36)17-26(16-24)20-36)40(21-23-9-4-2-5-10-23)34(39-32)27-11-6-3-7-12-27/h2,4-5,8-10,13-14,24-27H,3,6-7,11-12,15-22H2,1H3,(H,37,38). The lowest BCUT2D eigenvalue weighted by molar-refractivity contribution is -0.169. The van der Waals surface area contributed by atoms with Gasteiger partial charge in [0.25, 0.3) is 0 Å². The van der Waals surface area contributed by atoms with Gasteiger partial charge in [0.05, 0.1) is 36.1 Å². The first-order valence-electron chi connectivity index (χ1n) is 16.4. The van der Waals surface area contributed by atoms with Crippen LogP contribution in [0.3, 0.4) is 0 Å². The molecule has 2 heterocycles. The zero-order chi connectivity index (χ0) is 29.0. The Labute approximate surface area is 253 Å². The topological polar surface area (TPSA) is 82.0 Å². The van der Waals surface area contributed by atoms with Crippen LogP contribution in [0.5, 0.6) is 0 Å². The molecule has 7 heteroatoms. The minimum atomic E-state index is -0.383. The Morgan fingerprint density at radius 3 is 2.35 bits per heavy atom. The Morgan fingerprint density at radius 1 is 0.930 bits per heavy atom. The molecular formula is C36H42N4O3. The lowest BCUT2D eigenvalue weighted by Gasteiger charge is -2.56. The fourth-order valence-electron chi connectivity index (χ4n) is 9.30. The minimum absolute atomic E-state index is 0.00913. The van der Waals surface area contributed by atoms with Crippen LogP contribution in [0, 0.1) is 17.8 Å². The third kappa shape index (κ3) is 4.99. The molecule has 5 fully saturated rings. The van der Waals surface area contributed by atoms with Gasteiger partial charge in [-0.05, 0) is 86.8 Å². The number of carbonyl (C=O) groups is 1. The van der Waals surface area contributed by atoms with E-state index in [2.05, 4.69) is 39.9 Å². The van der Waals surface area contributed by atoms with Crippen LogP contribution in [-0.4, -0.2) is 38.2 Å². The average Bonchev–Trinajstić information content (AvgIpc) is 3.61. The SMILES string of the molecule is COC(=O)c1cccc2[nH]c(-c3nc(C4CCCCC4)n(Cc4ccccc4)c3COC34CC5CC(CC(C5)C3)C4)nc12. The number of ether oxygens (including phenoxy) is 2. The summed E-state index contributed by atoms with van der Waals surface area (Å²) in [7, 11) is 1.41. The van der Waals surface area contributed by atoms with Gasteiger partial charge in [-0.25, -0.2) is 14.8 Å². The van der Waals surface area contributed by atoms with E-state index in [4.69, 9.17) is 19.4 Å². The fourth-order valence-corrected chi connectivity index (χ4v) is 9.30. The Balaban J connectivity index is 1.24. The van der Waals surface area contributed by atoms with Gasteiger partial charge in [0, 0.05) is 12.5 Å². The van der Waals surface area contributed by atoms with E-state index in [9.17, 15) is 4.79 Å². The number of esters is 1. The van der Waals surface area contributed by atoms with Crippen LogP contribution in [0.1, 0.15) is 104 Å². The highest BCUT2D eigenvalue weighted by Crippen LogP contribution is 2.57. The molecule has 2 aromatic carbocycles. The van der Waals surface area contributed by atoms with Crippen molar-refractivity contribution < 1.29 is 14.3 Å². The molecule has 43 heavy (non-hydrogen) atoms. The van der Waals surface area contributed by atoms with Crippen molar-refractivity contribution in [3.8, 4) is 11.5 Å². The number of methoxy groups -OCH3 is 1. The van der Waals surface area contributed by atoms with E-state index >= 15 is 0 Å². The maximum atomic E-state index is 12.6. The van der Waals surface area contributed by atoms with Crippen molar-refractivity contribution in [1.82, 2.24) is 19.5 Å². The summed E-state index contributed by atoms with van der Waals surface area (Å²) in [5, 5.41) is 0. The number of hydrogen-bond acceptors (Lipinski definition) is 5. The largest absolute Gasteiger partial charge is 0.465 e. The number of nitrogens with one attached hydrogen (secondary N) is 1. The number of carbonyl (C=O) groups excluding carboxylic acids is 1. The van der Waals surface area contributed by atoms with E-state index in [1.54, 1.807) is 6.07 Å². The lowest BCUT2D eigenvalue weighted by Crippen LogP contribution is -2.51. The number of rotatable bonds is 8. The third-order valence-corrected chi connectivity index (χ3v) is 10.9. The number of fused-ring (bicyclic) bond motifs is 1. The van der Waals surface area contributed by atoms with Gasteiger partial charge in [0.1, 0.15) is 17.0 Å². The summed E-state index contributed by atoms with van der Waals surface area (Å²) in [6, 6.07) is 16.3. The van der Waals surface area contributed by atoms with E-state index < -0.39 is 0 Å². The zero-order valence-corrected chi connectivity index (χ0v) is 25.2. The Hall–Kier alpha value is -3.45. The quantitative estimate of drug-likeness (QED) is 0.216. The molecule has 2 aromatic heterocycles. The van der Waals surface area contributed by atoms with E-state index in [0.29, 0.717) is 29.4 Å². The molecule has 0 aliphatic heterocycles. The van der Waals surface area contributed by atoms with Crippen LogP contribution in [-0.2, 0) is 22.6 Å². The van der Waals surface area contributed by atoms with Gasteiger partial charge in [-0.1, -0.05) is 55.7 Å². The molecule has 9 rings (SSSR count). The van der Waals surface area contributed by atoms with E-state index in [1.165, 1.54) is 70.5 Å². The van der Waals surface area contributed by atoms with Crippen molar-refractivity contribution in [3.05, 3.63) is 71.2 Å². The first kappa shape index (κ1) is 27.1. The Bertz CT molecular complexity index is 1600. The van der Waals surface area contributed by atoms with Crippen LogP contribution in [0.4, 0.5) is 0 Å². The monoisotopic (exact) mass is 578 g/mol. The summed E-state index contributed by atoms with van der Waals surface area (Å²) in [5.41, 5.74) is 5.09. The molecule has 224 valence electrons. The van der Waals surface area contributed by atoms with Crippen molar-refractivity contribution >= 4 is 17.0 Å². The van der Waals surface area contributed by atoms with Crippen LogP contribution in [0.15, 0.2) is 48.5 Å². The zero-order valence-electron chi connectivity index (χ0n) is 25.2. The number of nitrogens with zero attached hydrogens (tertiary/aromatic N) is 3. The van der Waals surface area contributed by atoms with Crippen molar-refractivity contribution in [1.29, 1.82) is 0 Å². The molecule has 1 N–H and O–H groups in total. The molecule has 4 aromatic rings. The van der Waals surface area contributed by atoms with Crippen LogP contribution in [0.25, 0.3) is 22.6 Å². The summed E-state index contributed by atoms with van der Waals surface area (Å²) < 4.78 is 14.7. The summed E-state index contributed by atoms with van der Waals surface area (Å²) in [6.45, 7) is 1.28. The molecule has 5 aliphatic carbocycles. The number of aromatic nitrogens is 4. The second kappa shape index (κ2) is 10.9. The highest BCUT2D eigenvalue weighted by Gasteiger charge is 2.52. The van der Waals surface area contributed by atoms with Gasteiger partial charge in [-0.3, -0.25) is 0 Å². The third-order valence-electron chi connectivity index (χ3n) is 10.9. The van der Waals surface area contributed by atoms with Crippen LogP contribution >= 0.6 is 0 Å². The first-order chi connectivity index (χ1) is 21.1. The highest BCUT2D eigenvalue weighted by molar-refractivity contribution is 6.02. The first-order valence-corrected chi connectivity index (χ1v) is 16.4. The molecule has 5 saturated carbocycles. The van der Waals surface area contributed by atoms with Crippen molar-refractivity contribution in [3.63, 3.8) is 0 Å². The molecule has 0 amide bonds. The van der Waals surface area contributed by atoms with Gasteiger partial charge in [0.2, 0.25) is 0 Å². The highest BCUT2D eigenvalue weighted by atomic mass is 16.5. The minimum Gasteiger partial charge on any atom is -0.465 e. The van der Waals surface area contributed by atoms with Crippen molar-refractivity contribution in [2.24, 2.45) is 17.8 Å². The fraction of sp³-hybridized carbons (Fsp3) is 0.528. The second-order valence-corrected chi connectivity index (χ2v) is 13.8. The molecule has 0 unspecified atom stereocenters. The van der Waals surface area contributed by atoms with Gasteiger partial charge in [-0.15, -0.1) is 0 Å². The van der Waals surface area contributed by atoms with E-state index in [-0.39, 0.29) is 11.6 Å². The van der Waals surface area contributed by atoms with Crippen molar-refractivity contribution in [2.75, 3.05) is 7.11 Å². The number of imidazole rings is 2. The molecule has 0 radical (unpaired) electrons. The maximum absolute atomic E-state index is 12.6. The predicted molar refractivity (Wildman–Crippen MR) is 166 cm³/mol. The second-order valence-electron chi connectivity index (χ2n) is 13.8. The van der Waals surface area contributed by atoms with Gasteiger partial charge in [0.15, 0.2) is 5.82 Å². The van der Waals surface area contributed by atoms with Gasteiger partial charge >= 0.3 is 5.97 Å². The number of hydrogen-bond donors (Lipinski definition) is 1. The Kier molecular flexibility index (Phi) is 6.89. The van der Waals surface area contributed by atoms with Gasteiger partial charge < -0.3 is 19.0 Å². The molecule has 5 aliphatic rings. The van der Waals surface area contributed by atoms with Crippen LogP contribution in [0.2, 0.25) is 0 Å². The van der Waals surface area contributed by atoms with Crippen molar-refractivity contribution in [2.45, 2.75) is 95.3 Å². The molecule has 0 atom stereocenters. The van der Waals surface area contributed by atoms with Crippen LogP contribution < -0.4 is 0 Å². The Morgan fingerprint density at radius 2 is 1.65 bits per heavy atom. The summed E-state index contributed by atoms with van der Waals surface area (Å²) in [5.74, 6) is 4.35. The normalized spacial score (nSPS) is 26.8. The molecular weight excluding hydrogens is 536 g/mol. The number of aromatic amines is 1. The summed E-state index contributed by atoms with van der Waals surface area (Å²) >= 11 is 0. The molecule has 0 spiro atoms. The molecule has 4 bridgehead atoms. The number of H-pyrrole nitrogens is 1. The molecule has 7 nitrogen and oxygen atoms in total. The summed E-state index contributed by atoms with van der Waals surface area (Å²) in [6.07, 6.45) is 13.9. The maximum Gasteiger partial charge on any atom is 0.340 e. The van der Waals surface area contributed by atoms with E-state index in [1.807, 2.05) is 12.1 Å². The van der Waals surface area contributed by atoms with Gasteiger partial charge in [-0.2, -0.15) is 0 Å². The predicted octanol–water partition coefficient (Wildman–Crippen LogP) is 7.79. The summed E-state index contributed by atoms with van der Waals surface area (Å²) in [4.78, 5) is 26.6. The number of para-hydroxylation sites is 1. The lowest BCUT2D eigenvalue weighted by atomic mass is 9.54. The molecule has 0 saturated heterocycles. The average molecular weight is 579 g/mol. The smallest absolute Gasteiger partial charge is 0.340 e.